The molecule has 1 fully saturated rings. The quantitative estimate of drug-likeness (QED) is 0.714. The number of hydrogen-bond acceptors (Lipinski definition) is 4. The molecule has 1 saturated heterocycles. The van der Waals surface area contributed by atoms with Gasteiger partial charge in [-0.25, -0.2) is 0 Å². The maximum absolute atomic E-state index is 12.0. The molecule has 0 aromatic heterocycles. The zero-order chi connectivity index (χ0) is 17.4. The fourth-order valence-corrected chi connectivity index (χ4v) is 3.01. The van der Waals surface area contributed by atoms with Gasteiger partial charge in [0.15, 0.2) is 0 Å². The summed E-state index contributed by atoms with van der Waals surface area (Å²) in [6, 6.07) is 8.10. The summed E-state index contributed by atoms with van der Waals surface area (Å²) in [6.45, 7) is 7.65. The first kappa shape index (κ1) is 18.7. The number of aliphatic hydroxyl groups is 1. The van der Waals surface area contributed by atoms with Gasteiger partial charge in [-0.05, 0) is 48.9 Å². The summed E-state index contributed by atoms with van der Waals surface area (Å²) < 4.78 is 5.65. The summed E-state index contributed by atoms with van der Waals surface area (Å²) in [7, 11) is 0. The number of ether oxygens (including phenoxy) is 1. The smallest absolute Gasteiger partial charge is 0.234 e. The number of carbonyl (C=O) groups is 1. The van der Waals surface area contributed by atoms with Crippen molar-refractivity contribution in [1.29, 1.82) is 0 Å². The standard InChI is InChI=1S/C19H30N2O3/c1-15(2)17-5-7-18(8-6-17)24-11-9-20-19(23)13-21-10-3-4-16(12-21)14-22/h5-8,15-16,22H,3-4,9-14H2,1-2H3,(H,20,23). The number of benzene rings is 1. The van der Waals surface area contributed by atoms with Crippen LogP contribution < -0.4 is 10.1 Å². The molecule has 5 nitrogen and oxygen atoms in total. The number of carbonyl (C=O) groups excluding carboxylic acids is 1. The second-order valence-corrected chi connectivity index (χ2v) is 6.85. The normalized spacial score (nSPS) is 18.6. The van der Waals surface area contributed by atoms with Gasteiger partial charge < -0.3 is 15.2 Å². The highest BCUT2D eigenvalue weighted by atomic mass is 16.5. The van der Waals surface area contributed by atoms with E-state index in [0.717, 1.165) is 31.7 Å². The lowest BCUT2D eigenvalue weighted by atomic mass is 9.99. The lowest BCUT2D eigenvalue weighted by Crippen LogP contribution is -2.43. The minimum Gasteiger partial charge on any atom is -0.492 e. The Balaban J connectivity index is 1.62. The molecule has 0 aliphatic carbocycles. The van der Waals surface area contributed by atoms with E-state index in [1.165, 1.54) is 5.56 Å². The van der Waals surface area contributed by atoms with Crippen molar-refractivity contribution in [3.63, 3.8) is 0 Å². The summed E-state index contributed by atoms with van der Waals surface area (Å²) in [4.78, 5) is 14.1. The zero-order valence-corrected chi connectivity index (χ0v) is 14.8. The summed E-state index contributed by atoms with van der Waals surface area (Å²) in [5.74, 6) is 1.67. The molecule has 1 unspecified atom stereocenters. The average molecular weight is 334 g/mol. The van der Waals surface area contributed by atoms with Gasteiger partial charge in [0.1, 0.15) is 12.4 Å². The molecule has 1 amide bonds. The van der Waals surface area contributed by atoms with E-state index in [2.05, 4.69) is 36.2 Å². The SMILES string of the molecule is CC(C)c1ccc(OCCNC(=O)CN2CCCC(CO)C2)cc1. The third kappa shape index (κ3) is 6.13. The van der Waals surface area contributed by atoms with Crippen molar-refractivity contribution in [3.8, 4) is 5.75 Å². The van der Waals surface area contributed by atoms with Crippen LogP contribution in [0.15, 0.2) is 24.3 Å². The maximum atomic E-state index is 12.0. The monoisotopic (exact) mass is 334 g/mol. The van der Waals surface area contributed by atoms with Gasteiger partial charge in [0, 0.05) is 13.2 Å². The van der Waals surface area contributed by atoms with Gasteiger partial charge in [0.05, 0.1) is 13.1 Å². The van der Waals surface area contributed by atoms with E-state index >= 15 is 0 Å². The molecule has 24 heavy (non-hydrogen) atoms. The molecule has 0 saturated carbocycles. The molecule has 1 aliphatic rings. The van der Waals surface area contributed by atoms with E-state index in [1.807, 2.05) is 12.1 Å². The van der Waals surface area contributed by atoms with Crippen molar-refractivity contribution < 1.29 is 14.6 Å². The van der Waals surface area contributed by atoms with Gasteiger partial charge in [-0.1, -0.05) is 26.0 Å². The van der Waals surface area contributed by atoms with E-state index in [4.69, 9.17) is 4.74 Å². The van der Waals surface area contributed by atoms with Gasteiger partial charge >= 0.3 is 0 Å². The Kier molecular flexibility index (Phi) is 7.53. The first-order chi connectivity index (χ1) is 11.6. The Morgan fingerprint density at radius 1 is 1.38 bits per heavy atom. The van der Waals surface area contributed by atoms with Crippen LogP contribution in [0.4, 0.5) is 0 Å². The molecule has 5 heteroatoms. The third-order valence-electron chi connectivity index (χ3n) is 4.47. The number of rotatable bonds is 8. The van der Waals surface area contributed by atoms with E-state index < -0.39 is 0 Å². The van der Waals surface area contributed by atoms with Crippen LogP contribution in [-0.2, 0) is 4.79 Å². The molecule has 0 bridgehead atoms. The molecule has 0 spiro atoms. The molecule has 1 aromatic rings. The number of piperidine rings is 1. The van der Waals surface area contributed by atoms with E-state index in [9.17, 15) is 9.90 Å². The van der Waals surface area contributed by atoms with Crippen LogP contribution in [0.3, 0.4) is 0 Å². The number of aliphatic hydroxyl groups excluding tert-OH is 1. The minimum atomic E-state index is 0.0207. The number of nitrogens with zero attached hydrogens (tertiary/aromatic N) is 1. The Bertz CT molecular complexity index is 502. The second kappa shape index (κ2) is 9.64. The van der Waals surface area contributed by atoms with Crippen LogP contribution in [0.1, 0.15) is 38.2 Å². The predicted octanol–water partition coefficient (Wildman–Crippen LogP) is 2.01. The lowest BCUT2D eigenvalue weighted by Gasteiger charge is -2.31. The van der Waals surface area contributed by atoms with Gasteiger partial charge in [-0.2, -0.15) is 0 Å². The highest BCUT2D eigenvalue weighted by molar-refractivity contribution is 5.78. The Hall–Kier alpha value is -1.59. The van der Waals surface area contributed by atoms with Crippen molar-refractivity contribution in [2.75, 3.05) is 39.4 Å². The fourth-order valence-electron chi connectivity index (χ4n) is 3.01. The van der Waals surface area contributed by atoms with Crippen LogP contribution >= 0.6 is 0 Å². The van der Waals surface area contributed by atoms with E-state index in [1.54, 1.807) is 0 Å². The molecule has 0 radical (unpaired) electrons. The molecule has 1 heterocycles. The molecule has 134 valence electrons. The molecule has 1 atom stereocenters. The van der Waals surface area contributed by atoms with Gasteiger partial charge in [0.2, 0.25) is 5.91 Å². The molecule has 1 aromatic carbocycles. The summed E-state index contributed by atoms with van der Waals surface area (Å²) in [5.41, 5.74) is 1.29. The van der Waals surface area contributed by atoms with E-state index in [-0.39, 0.29) is 12.5 Å². The van der Waals surface area contributed by atoms with Crippen LogP contribution in [0.5, 0.6) is 5.75 Å². The molecule has 1 aliphatic heterocycles. The Morgan fingerprint density at radius 2 is 2.12 bits per heavy atom. The van der Waals surface area contributed by atoms with Crippen LogP contribution in [-0.4, -0.2) is 55.3 Å². The summed E-state index contributed by atoms with van der Waals surface area (Å²) >= 11 is 0. The lowest BCUT2D eigenvalue weighted by molar-refractivity contribution is -0.122. The fraction of sp³-hybridized carbons (Fsp3) is 0.632. The molecular weight excluding hydrogens is 304 g/mol. The third-order valence-corrected chi connectivity index (χ3v) is 4.47. The number of amides is 1. The first-order valence-electron chi connectivity index (χ1n) is 8.91. The van der Waals surface area contributed by atoms with Gasteiger partial charge in [0.25, 0.3) is 0 Å². The van der Waals surface area contributed by atoms with Gasteiger partial charge in [-0.3, -0.25) is 9.69 Å². The number of likely N-dealkylation sites (tertiary alicyclic amines) is 1. The predicted molar refractivity (Wildman–Crippen MR) is 95.3 cm³/mol. The first-order valence-corrected chi connectivity index (χ1v) is 8.91. The van der Waals surface area contributed by atoms with Crippen LogP contribution in [0.2, 0.25) is 0 Å². The summed E-state index contributed by atoms with van der Waals surface area (Å²) in [6.07, 6.45) is 2.10. The van der Waals surface area contributed by atoms with Crippen molar-refractivity contribution in [1.82, 2.24) is 10.2 Å². The average Bonchev–Trinajstić information content (AvgIpc) is 2.59. The number of nitrogens with one attached hydrogen (secondary N) is 1. The Morgan fingerprint density at radius 3 is 2.79 bits per heavy atom. The van der Waals surface area contributed by atoms with Crippen LogP contribution in [0.25, 0.3) is 0 Å². The largest absolute Gasteiger partial charge is 0.492 e. The minimum absolute atomic E-state index is 0.0207. The second-order valence-electron chi connectivity index (χ2n) is 6.85. The molecule has 2 rings (SSSR count). The number of hydrogen-bond donors (Lipinski definition) is 2. The zero-order valence-electron chi connectivity index (χ0n) is 14.8. The highest BCUT2D eigenvalue weighted by Crippen LogP contribution is 2.18. The Labute approximate surface area is 145 Å². The molecular formula is C19H30N2O3. The van der Waals surface area contributed by atoms with E-state index in [0.29, 0.717) is 31.5 Å². The van der Waals surface area contributed by atoms with Gasteiger partial charge in [-0.15, -0.1) is 0 Å². The topological polar surface area (TPSA) is 61.8 Å². The van der Waals surface area contributed by atoms with Crippen molar-refractivity contribution in [3.05, 3.63) is 29.8 Å². The maximum Gasteiger partial charge on any atom is 0.234 e. The van der Waals surface area contributed by atoms with Crippen molar-refractivity contribution in [2.45, 2.75) is 32.6 Å². The van der Waals surface area contributed by atoms with Crippen molar-refractivity contribution >= 4 is 5.91 Å². The van der Waals surface area contributed by atoms with Crippen LogP contribution in [0, 0.1) is 5.92 Å². The molecule has 2 N–H and O–H groups in total. The summed E-state index contributed by atoms with van der Waals surface area (Å²) in [5, 5.41) is 12.1. The highest BCUT2D eigenvalue weighted by Gasteiger charge is 2.20. The van der Waals surface area contributed by atoms with Crippen molar-refractivity contribution in [2.24, 2.45) is 5.92 Å².